The third-order valence-corrected chi connectivity index (χ3v) is 7.88. The first-order chi connectivity index (χ1) is 24.5. The Morgan fingerprint density at radius 3 is 1.92 bits per heavy atom. The summed E-state index contributed by atoms with van der Waals surface area (Å²) in [5, 5.41) is 0. The fourth-order valence-corrected chi connectivity index (χ4v) is 5.06. The van der Waals surface area contributed by atoms with Crippen LogP contribution in [0, 0.1) is 17.7 Å². The van der Waals surface area contributed by atoms with Crippen molar-refractivity contribution in [3.8, 4) is 29.1 Å². The van der Waals surface area contributed by atoms with Gasteiger partial charge in [0.25, 0.3) is 0 Å². The van der Waals surface area contributed by atoms with Gasteiger partial charge in [-0.1, -0.05) is 18.4 Å². The highest BCUT2D eigenvalue weighted by Crippen LogP contribution is 2.23. The van der Waals surface area contributed by atoms with Crippen molar-refractivity contribution in [1.82, 2.24) is 0 Å². The van der Waals surface area contributed by atoms with Crippen LogP contribution in [0.5, 0.6) is 17.2 Å². The monoisotopic (exact) mass is 686 g/mol. The van der Waals surface area contributed by atoms with Gasteiger partial charge in [-0.05, 0) is 131 Å². The zero-order chi connectivity index (χ0) is 35.2. The second-order valence-electron chi connectivity index (χ2n) is 11.9. The summed E-state index contributed by atoms with van der Waals surface area (Å²) >= 11 is 0. The summed E-state index contributed by atoms with van der Waals surface area (Å²) in [6, 6.07) is 19.2. The van der Waals surface area contributed by atoms with Gasteiger partial charge in [-0.25, -0.2) is 14.0 Å². The summed E-state index contributed by atoms with van der Waals surface area (Å²) in [5.74, 6) is 6.53. The standard InChI is InChI=1S/C41H47FO8/c1-2-39(43)47-28-10-5-3-8-27-46-36-23-19-34(20-24-36)41(44)49-30-11-6-4-9-26-45-35-21-16-32(17-22-35)14-15-33-18-25-38(37(42)31-33)50-40-13-7-12-29-48-40/h2,16-25,31,40H,1,3-13,26-30H2. The Kier molecular flexibility index (Phi) is 16.7. The molecule has 0 spiro atoms. The molecule has 0 aliphatic carbocycles. The Morgan fingerprint density at radius 2 is 1.32 bits per heavy atom. The molecule has 3 aromatic rings. The van der Waals surface area contributed by atoms with Crippen molar-refractivity contribution in [2.45, 2.75) is 76.9 Å². The minimum absolute atomic E-state index is 0.181. The van der Waals surface area contributed by atoms with Gasteiger partial charge in [0.2, 0.25) is 0 Å². The van der Waals surface area contributed by atoms with Gasteiger partial charge in [0.15, 0.2) is 17.9 Å². The van der Waals surface area contributed by atoms with E-state index in [1.165, 1.54) is 12.1 Å². The van der Waals surface area contributed by atoms with Crippen molar-refractivity contribution in [2.24, 2.45) is 0 Å². The van der Waals surface area contributed by atoms with Crippen molar-refractivity contribution in [2.75, 3.05) is 33.0 Å². The zero-order valence-electron chi connectivity index (χ0n) is 28.7. The molecular weight excluding hydrogens is 639 g/mol. The average molecular weight is 687 g/mol. The van der Waals surface area contributed by atoms with E-state index in [0.29, 0.717) is 49.9 Å². The second kappa shape index (κ2) is 22.0. The van der Waals surface area contributed by atoms with Crippen molar-refractivity contribution in [1.29, 1.82) is 0 Å². The van der Waals surface area contributed by atoms with Crippen LogP contribution in [0.4, 0.5) is 4.39 Å². The van der Waals surface area contributed by atoms with Gasteiger partial charge >= 0.3 is 11.9 Å². The van der Waals surface area contributed by atoms with Crippen molar-refractivity contribution >= 4 is 11.9 Å². The summed E-state index contributed by atoms with van der Waals surface area (Å²) in [4.78, 5) is 23.4. The summed E-state index contributed by atoms with van der Waals surface area (Å²) in [6.07, 6.45) is 10.8. The molecule has 0 saturated carbocycles. The van der Waals surface area contributed by atoms with E-state index in [2.05, 4.69) is 18.4 Å². The molecule has 1 fully saturated rings. The van der Waals surface area contributed by atoms with Crippen LogP contribution in [0.2, 0.25) is 0 Å². The molecule has 266 valence electrons. The Bertz CT molecular complexity index is 1540. The molecule has 0 radical (unpaired) electrons. The summed E-state index contributed by atoms with van der Waals surface area (Å²) < 4.78 is 47.7. The molecule has 0 bridgehead atoms. The van der Waals surface area contributed by atoms with Crippen LogP contribution in [0.3, 0.4) is 0 Å². The van der Waals surface area contributed by atoms with E-state index < -0.39 is 12.1 Å². The number of ether oxygens (including phenoxy) is 6. The van der Waals surface area contributed by atoms with E-state index in [0.717, 1.165) is 81.9 Å². The minimum Gasteiger partial charge on any atom is -0.494 e. The summed E-state index contributed by atoms with van der Waals surface area (Å²) in [6.45, 7) is 5.95. The van der Waals surface area contributed by atoms with Crippen LogP contribution in [-0.2, 0) is 19.0 Å². The fourth-order valence-electron chi connectivity index (χ4n) is 5.06. The highest BCUT2D eigenvalue weighted by Gasteiger charge is 2.17. The van der Waals surface area contributed by atoms with Gasteiger partial charge in [-0.2, -0.15) is 0 Å². The highest BCUT2D eigenvalue weighted by atomic mass is 19.1. The Hall–Kier alpha value is -4.81. The van der Waals surface area contributed by atoms with Gasteiger partial charge < -0.3 is 28.4 Å². The topological polar surface area (TPSA) is 89.5 Å². The number of esters is 2. The molecule has 1 saturated heterocycles. The van der Waals surface area contributed by atoms with E-state index in [4.69, 9.17) is 28.4 Å². The van der Waals surface area contributed by atoms with Gasteiger partial charge in [0.1, 0.15) is 11.5 Å². The molecule has 9 heteroatoms. The average Bonchev–Trinajstić information content (AvgIpc) is 3.14. The number of carbonyl (C=O) groups excluding carboxylic acids is 2. The van der Waals surface area contributed by atoms with Gasteiger partial charge in [-0.15, -0.1) is 0 Å². The number of halogens is 1. The molecule has 4 rings (SSSR count). The van der Waals surface area contributed by atoms with Crippen LogP contribution < -0.4 is 14.2 Å². The maximum atomic E-state index is 14.5. The first-order valence-electron chi connectivity index (χ1n) is 17.5. The lowest BCUT2D eigenvalue weighted by molar-refractivity contribution is -0.137. The normalized spacial score (nSPS) is 13.7. The number of hydrogen-bond acceptors (Lipinski definition) is 8. The quantitative estimate of drug-likeness (QED) is 0.0506. The lowest BCUT2D eigenvalue weighted by Gasteiger charge is -2.23. The summed E-state index contributed by atoms with van der Waals surface area (Å²) in [7, 11) is 0. The first kappa shape index (κ1) is 38.0. The van der Waals surface area contributed by atoms with Gasteiger partial charge in [0.05, 0.1) is 38.6 Å². The minimum atomic E-state index is -0.452. The SMILES string of the molecule is C=CC(=O)OCCCCCCOc1ccc(C(=O)OCCCCCCOc2ccc(C#Cc3ccc(OC4CCCCO4)c(F)c3)cc2)cc1. The lowest BCUT2D eigenvalue weighted by atomic mass is 10.1. The second-order valence-corrected chi connectivity index (χ2v) is 11.9. The molecule has 1 unspecified atom stereocenters. The van der Waals surface area contributed by atoms with E-state index in [1.807, 2.05) is 24.3 Å². The molecule has 1 atom stereocenters. The molecule has 8 nitrogen and oxygen atoms in total. The molecular formula is C41H47FO8. The highest BCUT2D eigenvalue weighted by molar-refractivity contribution is 5.89. The molecule has 3 aromatic carbocycles. The number of benzene rings is 3. The number of rotatable bonds is 20. The number of carbonyl (C=O) groups is 2. The van der Waals surface area contributed by atoms with Crippen LogP contribution in [0.25, 0.3) is 0 Å². The van der Waals surface area contributed by atoms with Crippen LogP contribution in [0.1, 0.15) is 92.1 Å². The maximum absolute atomic E-state index is 14.5. The van der Waals surface area contributed by atoms with E-state index >= 15 is 0 Å². The predicted octanol–water partition coefficient (Wildman–Crippen LogP) is 8.60. The molecule has 0 amide bonds. The van der Waals surface area contributed by atoms with Crippen molar-refractivity contribution in [3.05, 3.63) is 102 Å². The van der Waals surface area contributed by atoms with Crippen molar-refractivity contribution in [3.63, 3.8) is 0 Å². The molecule has 0 N–H and O–H groups in total. The summed E-state index contributed by atoms with van der Waals surface area (Å²) in [5.41, 5.74) is 1.87. The first-order valence-corrected chi connectivity index (χ1v) is 17.5. The lowest BCUT2D eigenvalue weighted by Crippen LogP contribution is -2.25. The third-order valence-electron chi connectivity index (χ3n) is 7.88. The van der Waals surface area contributed by atoms with E-state index in [9.17, 15) is 14.0 Å². The Balaban J connectivity index is 1.02. The number of hydrogen-bond donors (Lipinski definition) is 0. The van der Waals surface area contributed by atoms with E-state index in [1.54, 1.807) is 36.4 Å². The maximum Gasteiger partial charge on any atom is 0.338 e. The largest absolute Gasteiger partial charge is 0.494 e. The zero-order valence-corrected chi connectivity index (χ0v) is 28.7. The Morgan fingerprint density at radius 1 is 0.740 bits per heavy atom. The van der Waals surface area contributed by atoms with Gasteiger partial charge in [-0.3, -0.25) is 0 Å². The van der Waals surface area contributed by atoms with Crippen LogP contribution in [0.15, 0.2) is 79.4 Å². The third kappa shape index (κ3) is 14.4. The van der Waals surface area contributed by atoms with Crippen LogP contribution >= 0.6 is 0 Å². The smallest absolute Gasteiger partial charge is 0.338 e. The Labute approximate surface area is 294 Å². The molecule has 50 heavy (non-hydrogen) atoms. The van der Waals surface area contributed by atoms with Crippen LogP contribution in [-0.4, -0.2) is 51.3 Å². The molecule has 1 aliphatic rings. The van der Waals surface area contributed by atoms with Crippen molar-refractivity contribution < 1.29 is 42.4 Å². The fraction of sp³-hybridized carbons (Fsp3) is 0.415. The molecule has 1 heterocycles. The number of unbranched alkanes of at least 4 members (excludes halogenated alkanes) is 6. The molecule has 0 aromatic heterocycles. The molecule has 1 aliphatic heterocycles. The van der Waals surface area contributed by atoms with Gasteiger partial charge in [0, 0.05) is 23.6 Å². The van der Waals surface area contributed by atoms with E-state index in [-0.39, 0.29) is 17.7 Å². The predicted molar refractivity (Wildman–Crippen MR) is 189 cm³/mol.